The lowest BCUT2D eigenvalue weighted by molar-refractivity contribution is -0.116. The Hall–Kier alpha value is -1.88. The van der Waals surface area contributed by atoms with Crippen molar-refractivity contribution >= 4 is 11.9 Å². The fourth-order valence-corrected chi connectivity index (χ4v) is 2.36. The van der Waals surface area contributed by atoms with Gasteiger partial charge in [-0.2, -0.15) is 0 Å². The maximum Gasteiger partial charge on any atom is 0.410 e. The van der Waals surface area contributed by atoms with Crippen LogP contribution >= 0.6 is 0 Å². The third kappa shape index (κ3) is 5.19. The molecule has 1 fully saturated rings. The van der Waals surface area contributed by atoms with Gasteiger partial charge in [0.1, 0.15) is 12.4 Å². The number of hydrogen-bond acceptors (Lipinski definition) is 4. The van der Waals surface area contributed by atoms with Crippen LogP contribution in [0.25, 0.3) is 0 Å². The molecule has 1 aliphatic rings. The molecule has 0 radical (unpaired) electrons. The Kier molecular flexibility index (Phi) is 5.75. The van der Waals surface area contributed by atoms with E-state index >= 15 is 0 Å². The first-order chi connectivity index (χ1) is 10.1. The SMILES string of the molecule is CC(=O)CNC1CCN(C(=O)OCc2ccccc2)CC1. The summed E-state index contributed by atoms with van der Waals surface area (Å²) in [6.07, 6.45) is 1.45. The second-order valence-electron chi connectivity index (χ2n) is 5.38. The zero-order chi connectivity index (χ0) is 15.1. The van der Waals surface area contributed by atoms with E-state index in [4.69, 9.17) is 4.74 Å². The number of rotatable bonds is 5. The van der Waals surface area contributed by atoms with Gasteiger partial charge in [-0.3, -0.25) is 4.79 Å². The summed E-state index contributed by atoms with van der Waals surface area (Å²) in [4.78, 5) is 24.6. The first kappa shape index (κ1) is 15.5. The largest absolute Gasteiger partial charge is 0.445 e. The van der Waals surface area contributed by atoms with E-state index in [1.165, 1.54) is 0 Å². The van der Waals surface area contributed by atoms with E-state index in [0.29, 0.717) is 32.3 Å². The van der Waals surface area contributed by atoms with Gasteiger partial charge in [-0.15, -0.1) is 0 Å². The number of hydrogen-bond donors (Lipinski definition) is 1. The number of ether oxygens (including phenoxy) is 1. The van der Waals surface area contributed by atoms with Crippen molar-refractivity contribution in [1.82, 2.24) is 10.2 Å². The predicted octanol–water partition coefficient (Wildman–Crippen LogP) is 1.97. The summed E-state index contributed by atoms with van der Waals surface area (Å²) in [5, 5.41) is 3.21. The fourth-order valence-electron chi connectivity index (χ4n) is 2.36. The zero-order valence-electron chi connectivity index (χ0n) is 12.4. The van der Waals surface area contributed by atoms with Crippen LogP contribution in [0.5, 0.6) is 0 Å². The summed E-state index contributed by atoms with van der Waals surface area (Å²) >= 11 is 0. The molecule has 1 N–H and O–H groups in total. The van der Waals surface area contributed by atoms with E-state index in [1.807, 2.05) is 30.3 Å². The number of nitrogens with one attached hydrogen (secondary N) is 1. The van der Waals surface area contributed by atoms with Crippen molar-refractivity contribution in [2.24, 2.45) is 0 Å². The van der Waals surface area contributed by atoms with Crippen molar-refractivity contribution in [2.75, 3.05) is 19.6 Å². The molecule has 0 aliphatic carbocycles. The summed E-state index contributed by atoms with van der Waals surface area (Å²) in [6.45, 7) is 3.63. The van der Waals surface area contributed by atoms with E-state index in [1.54, 1.807) is 11.8 Å². The van der Waals surface area contributed by atoms with Crippen LogP contribution in [0.15, 0.2) is 30.3 Å². The first-order valence-corrected chi connectivity index (χ1v) is 7.33. The first-order valence-electron chi connectivity index (χ1n) is 7.33. The number of carbonyl (C=O) groups is 2. The topological polar surface area (TPSA) is 58.6 Å². The fraction of sp³-hybridized carbons (Fsp3) is 0.500. The molecule has 1 aromatic rings. The Bertz CT molecular complexity index is 468. The van der Waals surface area contributed by atoms with Crippen molar-refractivity contribution in [1.29, 1.82) is 0 Å². The van der Waals surface area contributed by atoms with Crippen LogP contribution < -0.4 is 5.32 Å². The Morgan fingerprint density at radius 1 is 1.24 bits per heavy atom. The molecule has 0 unspecified atom stereocenters. The van der Waals surface area contributed by atoms with Crippen molar-refractivity contribution in [3.8, 4) is 0 Å². The average molecular weight is 290 g/mol. The monoisotopic (exact) mass is 290 g/mol. The summed E-state index contributed by atoms with van der Waals surface area (Å²) in [6, 6.07) is 9.97. The quantitative estimate of drug-likeness (QED) is 0.900. The summed E-state index contributed by atoms with van der Waals surface area (Å²) in [5.41, 5.74) is 0.990. The molecule has 1 amide bonds. The molecule has 0 spiro atoms. The highest BCUT2D eigenvalue weighted by atomic mass is 16.6. The van der Waals surface area contributed by atoms with Crippen LogP contribution in [0.4, 0.5) is 4.79 Å². The number of nitrogens with zero attached hydrogens (tertiary/aromatic N) is 1. The third-order valence-corrected chi connectivity index (χ3v) is 3.60. The van der Waals surface area contributed by atoms with Gasteiger partial charge in [0.15, 0.2) is 0 Å². The highest BCUT2D eigenvalue weighted by Crippen LogP contribution is 2.12. The average Bonchev–Trinajstić information content (AvgIpc) is 2.52. The highest BCUT2D eigenvalue weighted by Gasteiger charge is 2.23. The van der Waals surface area contributed by atoms with E-state index < -0.39 is 0 Å². The number of benzene rings is 1. The van der Waals surface area contributed by atoms with Crippen molar-refractivity contribution < 1.29 is 14.3 Å². The lowest BCUT2D eigenvalue weighted by Crippen LogP contribution is -2.45. The number of Topliss-reactive ketones (excluding diaryl/α,β-unsaturated/α-hetero) is 1. The standard InChI is InChI=1S/C16H22N2O3/c1-13(19)11-17-15-7-9-18(10-8-15)16(20)21-12-14-5-3-2-4-6-14/h2-6,15,17H,7-12H2,1H3. The van der Waals surface area contributed by atoms with Crippen LogP contribution in [0.2, 0.25) is 0 Å². The molecule has 1 aliphatic heterocycles. The number of likely N-dealkylation sites (tertiary alicyclic amines) is 1. The Labute approximate surface area is 125 Å². The molecule has 2 rings (SSSR count). The minimum Gasteiger partial charge on any atom is -0.445 e. The maximum atomic E-state index is 12.0. The third-order valence-electron chi connectivity index (χ3n) is 3.60. The lowest BCUT2D eigenvalue weighted by Gasteiger charge is -2.31. The van der Waals surface area contributed by atoms with Crippen molar-refractivity contribution in [3.05, 3.63) is 35.9 Å². The van der Waals surface area contributed by atoms with Gasteiger partial charge in [-0.25, -0.2) is 4.79 Å². The molecule has 0 atom stereocenters. The Morgan fingerprint density at radius 2 is 1.90 bits per heavy atom. The Morgan fingerprint density at radius 3 is 2.52 bits per heavy atom. The normalized spacial score (nSPS) is 15.8. The van der Waals surface area contributed by atoms with E-state index in [9.17, 15) is 9.59 Å². The van der Waals surface area contributed by atoms with Crippen LogP contribution in [0.1, 0.15) is 25.3 Å². The molecular weight excluding hydrogens is 268 g/mol. The smallest absolute Gasteiger partial charge is 0.410 e. The van der Waals surface area contributed by atoms with Gasteiger partial charge in [0.2, 0.25) is 0 Å². The second-order valence-corrected chi connectivity index (χ2v) is 5.38. The summed E-state index contributed by atoms with van der Waals surface area (Å²) in [7, 11) is 0. The molecule has 1 saturated heterocycles. The summed E-state index contributed by atoms with van der Waals surface area (Å²) < 4.78 is 5.31. The lowest BCUT2D eigenvalue weighted by atomic mass is 10.1. The van der Waals surface area contributed by atoms with Gasteiger partial charge in [0, 0.05) is 19.1 Å². The molecule has 5 nitrogen and oxygen atoms in total. The second kappa shape index (κ2) is 7.78. The number of piperidine rings is 1. The molecule has 0 bridgehead atoms. The zero-order valence-corrected chi connectivity index (χ0v) is 12.4. The van der Waals surface area contributed by atoms with E-state index in [0.717, 1.165) is 18.4 Å². The molecule has 1 aromatic carbocycles. The van der Waals surface area contributed by atoms with Gasteiger partial charge >= 0.3 is 6.09 Å². The van der Waals surface area contributed by atoms with Crippen LogP contribution in [0.3, 0.4) is 0 Å². The number of ketones is 1. The molecule has 0 saturated carbocycles. The van der Waals surface area contributed by atoms with Gasteiger partial charge in [0.05, 0.1) is 6.54 Å². The molecule has 5 heteroatoms. The van der Waals surface area contributed by atoms with Crippen LogP contribution in [-0.2, 0) is 16.1 Å². The Balaban J connectivity index is 1.69. The molecule has 0 aromatic heterocycles. The van der Waals surface area contributed by atoms with Gasteiger partial charge < -0.3 is 15.0 Å². The molecule has 114 valence electrons. The van der Waals surface area contributed by atoms with Crippen LogP contribution in [-0.4, -0.2) is 42.5 Å². The van der Waals surface area contributed by atoms with Gasteiger partial charge in [-0.05, 0) is 25.3 Å². The molecule has 21 heavy (non-hydrogen) atoms. The van der Waals surface area contributed by atoms with E-state index in [2.05, 4.69) is 5.32 Å². The number of amides is 1. The van der Waals surface area contributed by atoms with Crippen molar-refractivity contribution in [3.63, 3.8) is 0 Å². The molecule has 1 heterocycles. The van der Waals surface area contributed by atoms with Crippen LogP contribution in [0, 0.1) is 0 Å². The van der Waals surface area contributed by atoms with E-state index in [-0.39, 0.29) is 11.9 Å². The predicted molar refractivity (Wildman–Crippen MR) is 79.9 cm³/mol. The minimum atomic E-state index is -0.260. The molecular formula is C16H22N2O3. The number of carbonyl (C=O) groups excluding carboxylic acids is 2. The summed E-state index contributed by atoms with van der Waals surface area (Å²) in [5.74, 6) is 0.139. The minimum absolute atomic E-state index is 0.139. The van der Waals surface area contributed by atoms with Gasteiger partial charge in [0.25, 0.3) is 0 Å². The maximum absolute atomic E-state index is 12.0. The highest BCUT2D eigenvalue weighted by molar-refractivity contribution is 5.77. The van der Waals surface area contributed by atoms with Crippen molar-refractivity contribution in [2.45, 2.75) is 32.4 Å². The van der Waals surface area contributed by atoms with Gasteiger partial charge in [-0.1, -0.05) is 30.3 Å².